The van der Waals surface area contributed by atoms with Gasteiger partial charge in [0.25, 0.3) is 0 Å². The number of benzene rings is 2. The smallest absolute Gasteiger partial charge is 0.413 e. The number of hydrogen-bond donors (Lipinski definition) is 1. The molecule has 0 saturated carbocycles. The zero-order chi connectivity index (χ0) is 23.8. The number of carbonyl (C=O) groups excluding carboxylic acids is 1. The van der Waals surface area contributed by atoms with E-state index in [2.05, 4.69) is 11.0 Å². The minimum Gasteiger partial charge on any atom is -0.437 e. The molecular formula is C26H31ClF2N2O3. The fraction of sp³-hybridized carbons (Fsp3) is 0.423. The van der Waals surface area contributed by atoms with Gasteiger partial charge in [-0.2, -0.15) is 0 Å². The second-order valence-corrected chi connectivity index (χ2v) is 9.28. The van der Waals surface area contributed by atoms with Gasteiger partial charge in [0, 0.05) is 38.5 Å². The highest BCUT2D eigenvalue weighted by atomic mass is 35.5. The standard InChI is InChI=1S/C26H30F2N2O3.ClH/c1-18(2)30-24(31)33-26(25(30,3)32)13-16-29(17-14-26)15-12-23(19-4-8-21(27)9-5-19)20-6-10-22(28)11-7-20;/h4-12,18,32H,13-17H2,1-3H3;1H. The number of piperidine rings is 1. The van der Waals surface area contributed by atoms with Crippen molar-refractivity contribution >= 4 is 24.1 Å². The fourth-order valence-corrected chi connectivity index (χ4v) is 4.98. The summed E-state index contributed by atoms with van der Waals surface area (Å²) in [5.41, 5.74) is 0.285. The number of amides is 1. The van der Waals surface area contributed by atoms with Crippen LogP contribution >= 0.6 is 12.4 Å². The average molecular weight is 493 g/mol. The lowest BCUT2D eigenvalue weighted by Crippen LogP contribution is -2.61. The van der Waals surface area contributed by atoms with Gasteiger partial charge in [0.1, 0.15) is 11.6 Å². The van der Waals surface area contributed by atoms with E-state index in [0.717, 1.165) is 16.7 Å². The van der Waals surface area contributed by atoms with Crippen molar-refractivity contribution in [2.45, 2.75) is 51.0 Å². The van der Waals surface area contributed by atoms with Gasteiger partial charge in [0.2, 0.25) is 0 Å². The Morgan fingerprint density at radius 1 is 1.03 bits per heavy atom. The molecule has 34 heavy (non-hydrogen) atoms. The van der Waals surface area contributed by atoms with Crippen LogP contribution in [0.15, 0.2) is 54.6 Å². The number of nitrogens with zero attached hydrogens (tertiary/aromatic N) is 2. The van der Waals surface area contributed by atoms with Crippen LogP contribution in [0.4, 0.5) is 13.6 Å². The Labute approximate surface area is 205 Å². The molecule has 1 unspecified atom stereocenters. The lowest BCUT2D eigenvalue weighted by molar-refractivity contribution is -0.169. The number of ether oxygens (including phenoxy) is 1. The number of rotatable bonds is 5. The Morgan fingerprint density at radius 2 is 1.50 bits per heavy atom. The Morgan fingerprint density at radius 3 is 1.91 bits per heavy atom. The van der Waals surface area contributed by atoms with Gasteiger partial charge in [0.15, 0.2) is 11.3 Å². The maximum atomic E-state index is 13.5. The van der Waals surface area contributed by atoms with Crippen LogP contribution in [-0.4, -0.2) is 58.0 Å². The third-order valence-electron chi connectivity index (χ3n) is 6.86. The molecule has 5 nitrogen and oxygen atoms in total. The van der Waals surface area contributed by atoms with Crippen LogP contribution < -0.4 is 0 Å². The van der Waals surface area contributed by atoms with Gasteiger partial charge in [0.05, 0.1) is 0 Å². The SMILES string of the molecule is CC(C)N1C(=O)OC2(CCN(CC=C(c3ccc(F)cc3)c3ccc(F)cc3)CC2)C1(C)O.Cl. The van der Waals surface area contributed by atoms with E-state index in [4.69, 9.17) is 4.74 Å². The molecule has 184 valence electrons. The van der Waals surface area contributed by atoms with Crippen molar-refractivity contribution in [1.29, 1.82) is 0 Å². The predicted molar refractivity (Wildman–Crippen MR) is 130 cm³/mol. The summed E-state index contributed by atoms with van der Waals surface area (Å²) in [4.78, 5) is 16.1. The van der Waals surface area contributed by atoms with Crippen LogP contribution in [0.2, 0.25) is 0 Å². The molecule has 2 aliphatic rings. The Bertz CT molecular complexity index is 984. The van der Waals surface area contributed by atoms with Gasteiger partial charge in [-0.1, -0.05) is 30.3 Å². The van der Waals surface area contributed by atoms with Crippen molar-refractivity contribution < 1.29 is 23.4 Å². The molecular weight excluding hydrogens is 462 g/mol. The Hall–Kier alpha value is -2.48. The first-order valence-electron chi connectivity index (χ1n) is 11.3. The molecule has 0 aliphatic carbocycles. The Kier molecular flexibility index (Phi) is 7.70. The largest absolute Gasteiger partial charge is 0.437 e. The van der Waals surface area contributed by atoms with Crippen LogP contribution in [0.5, 0.6) is 0 Å². The van der Waals surface area contributed by atoms with Crippen LogP contribution in [-0.2, 0) is 4.74 Å². The molecule has 4 rings (SSSR count). The first-order valence-corrected chi connectivity index (χ1v) is 11.3. The maximum absolute atomic E-state index is 13.5. The third-order valence-corrected chi connectivity index (χ3v) is 6.86. The third kappa shape index (κ3) is 4.83. The van der Waals surface area contributed by atoms with Crippen LogP contribution in [0.25, 0.3) is 5.57 Å². The first-order chi connectivity index (χ1) is 15.6. The summed E-state index contributed by atoms with van der Waals surface area (Å²) in [6, 6.07) is 12.3. The lowest BCUT2D eigenvalue weighted by Gasteiger charge is -2.45. The number of aliphatic hydroxyl groups is 1. The Balaban J connectivity index is 0.00000324. The number of hydrogen-bond acceptors (Lipinski definition) is 4. The fourth-order valence-electron chi connectivity index (χ4n) is 4.98. The summed E-state index contributed by atoms with van der Waals surface area (Å²) in [5.74, 6) is -0.626. The van der Waals surface area contributed by atoms with Gasteiger partial charge in [-0.05, 0) is 61.7 Å². The van der Waals surface area contributed by atoms with E-state index in [-0.39, 0.29) is 30.1 Å². The van der Waals surface area contributed by atoms with Crippen LogP contribution in [0, 0.1) is 11.6 Å². The molecule has 2 heterocycles. The summed E-state index contributed by atoms with van der Waals surface area (Å²) in [7, 11) is 0. The minimum absolute atomic E-state index is 0. The maximum Gasteiger partial charge on any atom is 0.413 e. The van der Waals surface area contributed by atoms with Crippen molar-refractivity contribution in [3.63, 3.8) is 0 Å². The van der Waals surface area contributed by atoms with Crippen molar-refractivity contribution in [3.8, 4) is 0 Å². The summed E-state index contributed by atoms with van der Waals surface area (Å²) < 4.78 is 32.7. The van der Waals surface area contributed by atoms with Gasteiger partial charge < -0.3 is 9.84 Å². The molecule has 2 saturated heterocycles. The van der Waals surface area contributed by atoms with Crippen LogP contribution in [0.1, 0.15) is 44.7 Å². The van der Waals surface area contributed by atoms with Gasteiger partial charge in [-0.3, -0.25) is 9.80 Å². The van der Waals surface area contributed by atoms with Gasteiger partial charge in [-0.15, -0.1) is 12.4 Å². The molecule has 2 aliphatic heterocycles. The monoisotopic (exact) mass is 492 g/mol. The normalized spacial score (nSPS) is 22.0. The molecule has 0 bridgehead atoms. The number of halogens is 3. The van der Waals surface area contributed by atoms with Gasteiger partial charge in [-0.25, -0.2) is 13.6 Å². The average Bonchev–Trinajstić information content (AvgIpc) is 2.96. The molecule has 1 spiro atoms. The van der Waals surface area contributed by atoms with E-state index in [1.807, 2.05) is 13.8 Å². The van der Waals surface area contributed by atoms with Crippen molar-refractivity contribution in [2.24, 2.45) is 0 Å². The van der Waals surface area contributed by atoms with Crippen molar-refractivity contribution in [2.75, 3.05) is 19.6 Å². The molecule has 1 amide bonds. The van der Waals surface area contributed by atoms with E-state index < -0.39 is 17.4 Å². The molecule has 2 fully saturated rings. The zero-order valence-corrected chi connectivity index (χ0v) is 20.4. The summed E-state index contributed by atoms with van der Waals surface area (Å²) in [6.45, 7) is 7.29. The molecule has 8 heteroatoms. The van der Waals surface area contributed by atoms with E-state index in [1.54, 1.807) is 31.2 Å². The number of carbonyl (C=O) groups is 1. The second kappa shape index (κ2) is 10.0. The lowest BCUT2D eigenvalue weighted by atomic mass is 9.81. The molecule has 0 aromatic heterocycles. The first kappa shape index (κ1) is 26.1. The van der Waals surface area contributed by atoms with Crippen molar-refractivity contribution in [1.82, 2.24) is 9.80 Å². The highest BCUT2D eigenvalue weighted by Crippen LogP contribution is 2.45. The van der Waals surface area contributed by atoms with Crippen molar-refractivity contribution in [3.05, 3.63) is 77.4 Å². The van der Waals surface area contributed by atoms with E-state index in [1.165, 1.54) is 29.2 Å². The van der Waals surface area contributed by atoms with Gasteiger partial charge >= 0.3 is 6.09 Å². The number of likely N-dealkylation sites (tertiary alicyclic amines) is 1. The summed E-state index contributed by atoms with van der Waals surface area (Å²) in [5, 5.41) is 11.2. The summed E-state index contributed by atoms with van der Waals surface area (Å²) in [6.07, 6.45) is 2.62. The molecule has 1 atom stereocenters. The predicted octanol–water partition coefficient (Wildman–Crippen LogP) is 5.22. The minimum atomic E-state index is -1.37. The second-order valence-electron chi connectivity index (χ2n) is 9.28. The molecule has 2 aromatic rings. The van der Waals surface area contributed by atoms with E-state index in [9.17, 15) is 18.7 Å². The highest BCUT2D eigenvalue weighted by molar-refractivity contribution is 5.85. The molecule has 0 radical (unpaired) electrons. The molecule has 1 N–H and O–H groups in total. The van der Waals surface area contributed by atoms with Crippen LogP contribution in [0.3, 0.4) is 0 Å². The highest BCUT2D eigenvalue weighted by Gasteiger charge is 2.63. The van der Waals surface area contributed by atoms with E-state index in [0.29, 0.717) is 32.5 Å². The molecule has 2 aromatic carbocycles. The summed E-state index contributed by atoms with van der Waals surface area (Å²) >= 11 is 0. The quantitative estimate of drug-likeness (QED) is 0.621. The zero-order valence-electron chi connectivity index (χ0n) is 19.6. The topological polar surface area (TPSA) is 53.0 Å². The van der Waals surface area contributed by atoms with E-state index >= 15 is 0 Å².